The third-order valence-corrected chi connectivity index (χ3v) is 4.44. The van der Waals surface area contributed by atoms with Crippen LogP contribution < -0.4 is 10.1 Å². The van der Waals surface area contributed by atoms with Gasteiger partial charge in [0.2, 0.25) is 11.8 Å². The van der Waals surface area contributed by atoms with E-state index < -0.39 is 6.10 Å². The number of nitrogens with one attached hydrogen (secondary N) is 1. The molecule has 0 radical (unpaired) electrons. The van der Waals surface area contributed by atoms with Gasteiger partial charge in [-0.1, -0.05) is 18.7 Å². The van der Waals surface area contributed by atoms with Crippen LogP contribution in [-0.4, -0.2) is 47.6 Å². The van der Waals surface area contributed by atoms with Crippen molar-refractivity contribution in [2.75, 3.05) is 19.6 Å². The van der Waals surface area contributed by atoms with Crippen molar-refractivity contribution >= 4 is 11.8 Å². The quantitative estimate of drug-likeness (QED) is 0.730. The maximum atomic E-state index is 12.3. The Labute approximate surface area is 154 Å². The molecule has 1 heterocycles. The number of hydrogen-bond donors (Lipinski definition) is 2. The summed E-state index contributed by atoms with van der Waals surface area (Å²) in [6.45, 7) is 8.63. The molecule has 0 aliphatic carbocycles. The Kier molecular flexibility index (Phi) is 7.21. The molecule has 2 amide bonds. The van der Waals surface area contributed by atoms with Gasteiger partial charge in [-0.15, -0.1) is 0 Å². The molecular formula is C20H28N2O4. The minimum Gasteiger partial charge on any atom is -0.491 e. The van der Waals surface area contributed by atoms with Crippen molar-refractivity contribution in [1.29, 1.82) is 0 Å². The second kappa shape index (κ2) is 9.38. The van der Waals surface area contributed by atoms with E-state index in [0.29, 0.717) is 37.2 Å². The highest BCUT2D eigenvalue weighted by Gasteiger charge is 2.26. The van der Waals surface area contributed by atoms with Gasteiger partial charge in [0, 0.05) is 25.6 Å². The molecule has 6 heteroatoms. The molecular weight excluding hydrogens is 332 g/mol. The second-order valence-corrected chi connectivity index (χ2v) is 6.80. The molecule has 0 aromatic heterocycles. The molecule has 1 fully saturated rings. The van der Waals surface area contributed by atoms with Crippen LogP contribution in [0.3, 0.4) is 0 Å². The number of aliphatic hydroxyl groups is 1. The molecule has 1 aromatic rings. The van der Waals surface area contributed by atoms with Gasteiger partial charge in [0.1, 0.15) is 5.75 Å². The van der Waals surface area contributed by atoms with Crippen LogP contribution in [0.4, 0.5) is 0 Å². The molecule has 1 unspecified atom stereocenters. The normalized spacial score (nSPS) is 16.2. The number of ether oxygens (including phenoxy) is 1. The Morgan fingerprint density at radius 3 is 2.69 bits per heavy atom. The van der Waals surface area contributed by atoms with Crippen LogP contribution in [0, 0.1) is 5.92 Å². The van der Waals surface area contributed by atoms with E-state index in [2.05, 4.69) is 11.9 Å². The van der Waals surface area contributed by atoms with E-state index in [-0.39, 0.29) is 30.4 Å². The van der Waals surface area contributed by atoms with Crippen LogP contribution in [0.15, 0.2) is 36.9 Å². The van der Waals surface area contributed by atoms with E-state index in [4.69, 9.17) is 4.74 Å². The van der Waals surface area contributed by atoms with Gasteiger partial charge >= 0.3 is 0 Å². The number of benzene rings is 1. The Balaban J connectivity index is 1.82. The first-order chi connectivity index (χ1) is 12.4. The maximum absolute atomic E-state index is 12.3. The van der Waals surface area contributed by atoms with Crippen LogP contribution >= 0.6 is 0 Å². The SMILES string of the molecule is C=CC(=O)N1CCC(C(=O)NCC(O)c2cccc(OC(C)C)c2)CC1. The molecule has 2 N–H and O–H groups in total. The first-order valence-corrected chi connectivity index (χ1v) is 9.04. The molecule has 0 bridgehead atoms. The highest BCUT2D eigenvalue weighted by Crippen LogP contribution is 2.21. The number of carbonyl (C=O) groups is 2. The molecule has 2 rings (SSSR count). The highest BCUT2D eigenvalue weighted by molar-refractivity contribution is 5.87. The number of hydrogen-bond acceptors (Lipinski definition) is 4. The number of nitrogens with zero attached hydrogens (tertiary/aromatic N) is 1. The van der Waals surface area contributed by atoms with Crippen LogP contribution in [-0.2, 0) is 9.59 Å². The summed E-state index contributed by atoms with van der Waals surface area (Å²) in [4.78, 5) is 25.6. The van der Waals surface area contributed by atoms with E-state index in [1.807, 2.05) is 32.0 Å². The summed E-state index contributed by atoms with van der Waals surface area (Å²) in [6, 6.07) is 7.26. The molecule has 0 spiro atoms. The molecule has 1 aliphatic heterocycles. The lowest BCUT2D eigenvalue weighted by Gasteiger charge is -2.30. The van der Waals surface area contributed by atoms with E-state index in [1.54, 1.807) is 11.0 Å². The fourth-order valence-electron chi connectivity index (χ4n) is 3.02. The number of likely N-dealkylation sites (tertiary alicyclic amines) is 1. The predicted octanol–water partition coefficient (Wildman–Crippen LogP) is 2.05. The first kappa shape index (κ1) is 20.0. The lowest BCUT2D eigenvalue weighted by atomic mass is 9.95. The van der Waals surface area contributed by atoms with E-state index in [9.17, 15) is 14.7 Å². The molecule has 26 heavy (non-hydrogen) atoms. The molecule has 1 saturated heterocycles. The average molecular weight is 360 g/mol. The molecule has 1 aliphatic rings. The summed E-state index contributed by atoms with van der Waals surface area (Å²) in [5.74, 6) is 0.390. The van der Waals surface area contributed by atoms with Gasteiger partial charge in [-0.25, -0.2) is 0 Å². The van der Waals surface area contributed by atoms with Crippen molar-refractivity contribution in [3.05, 3.63) is 42.5 Å². The fourth-order valence-corrected chi connectivity index (χ4v) is 3.02. The Morgan fingerprint density at radius 2 is 2.08 bits per heavy atom. The molecule has 0 saturated carbocycles. The van der Waals surface area contributed by atoms with Gasteiger partial charge in [-0.05, 0) is 50.5 Å². The largest absolute Gasteiger partial charge is 0.491 e. The summed E-state index contributed by atoms with van der Waals surface area (Å²) in [5, 5.41) is 13.2. The zero-order chi connectivity index (χ0) is 19.1. The zero-order valence-electron chi connectivity index (χ0n) is 15.5. The van der Waals surface area contributed by atoms with Gasteiger partial charge in [-0.3, -0.25) is 9.59 Å². The third-order valence-electron chi connectivity index (χ3n) is 4.44. The minimum absolute atomic E-state index is 0.0564. The molecule has 142 valence electrons. The van der Waals surface area contributed by atoms with Gasteiger partial charge < -0.3 is 20.1 Å². The fraction of sp³-hybridized carbons (Fsp3) is 0.500. The van der Waals surface area contributed by atoms with Gasteiger partial charge in [0.05, 0.1) is 12.2 Å². The predicted molar refractivity (Wildman–Crippen MR) is 99.7 cm³/mol. The topological polar surface area (TPSA) is 78.9 Å². The van der Waals surface area contributed by atoms with Gasteiger partial charge in [0.15, 0.2) is 0 Å². The standard InChI is InChI=1S/C20H28N2O4/c1-4-19(24)22-10-8-15(9-11-22)20(25)21-13-18(23)16-6-5-7-17(12-16)26-14(2)3/h4-7,12,14-15,18,23H,1,8-11,13H2,2-3H3,(H,21,25). The number of carbonyl (C=O) groups excluding carboxylic acids is 2. The monoisotopic (exact) mass is 360 g/mol. The lowest BCUT2D eigenvalue weighted by Crippen LogP contribution is -2.43. The summed E-state index contributed by atoms with van der Waals surface area (Å²) in [7, 11) is 0. The number of aliphatic hydroxyl groups excluding tert-OH is 1. The van der Waals surface area contributed by atoms with Crippen molar-refractivity contribution in [3.8, 4) is 5.75 Å². The number of rotatable bonds is 7. The summed E-state index contributed by atoms with van der Waals surface area (Å²) >= 11 is 0. The van der Waals surface area contributed by atoms with Crippen LogP contribution in [0.2, 0.25) is 0 Å². The van der Waals surface area contributed by atoms with Crippen molar-refractivity contribution in [3.63, 3.8) is 0 Å². The van der Waals surface area contributed by atoms with Crippen molar-refractivity contribution in [1.82, 2.24) is 10.2 Å². The summed E-state index contributed by atoms with van der Waals surface area (Å²) < 4.78 is 5.63. The summed E-state index contributed by atoms with van der Waals surface area (Å²) in [5.41, 5.74) is 0.704. The van der Waals surface area contributed by atoms with E-state index in [0.717, 1.165) is 0 Å². The lowest BCUT2D eigenvalue weighted by molar-refractivity contribution is -0.132. The van der Waals surface area contributed by atoms with Gasteiger partial charge in [-0.2, -0.15) is 0 Å². The smallest absolute Gasteiger partial charge is 0.245 e. The second-order valence-electron chi connectivity index (χ2n) is 6.80. The first-order valence-electron chi connectivity index (χ1n) is 9.04. The van der Waals surface area contributed by atoms with E-state index >= 15 is 0 Å². The zero-order valence-corrected chi connectivity index (χ0v) is 15.5. The van der Waals surface area contributed by atoms with Crippen LogP contribution in [0.1, 0.15) is 38.4 Å². The third kappa shape index (κ3) is 5.59. The van der Waals surface area contributed by atoms with Crippen LogP contribution in [0.5, 0.6) is 5.75 Å². The van der Waals surface area contributed by atoms with E-state index in [1.165, 1.54) is 6.08 Å². The Bertz CT molecular complexity index is 636. The highest BCUT2D eigenvalue weighted by atomic mass is 16.5. The number of amides is 2. The van der Waals surface area contributed by atoms with Crippen LogP contribution in [0.25, 0.3) is 0 Å². The van der Waals surface area contributed by atoms with Crippen molar-refractivity contribution in [2.24, 2.45) is 5.92 Å². The minimum atomic E-state index is -0.794. The Hall–Kier alpha value is -2.34. The molecule has 1 atom stereocenters. The Morgan fingerprint density at radius 1 is 1.38 bits per heavy atom. The molecule has 6 nitrogen and oxygen atoms in total. The van der Waals surface area contributed by atoms with Crippen molar-refractivity contribution < 1.29 is 19.4 Å². The molecule has 1 aromatic carbocycles. The average Bonchev–Trinajstić information content (AvgIpc) is 2.65. The maximum Gasteiger partial charge on any atom is 0.245 e. The summed E-state index contributed by atoms with van der Waals surface area (Å²) in [6.07, 6.45) is 1.81. The van der Waals surface area contributed by atoms with Crippen molar-refractivity contribution in [2.45, 2.75) is 38.9 Å². The van der Waals surface area contributed by atoms with Gasteiger partial charge in [0.25, 0.3) is 0 Å². The number of piperidine rings is 1.